The molecule has 0 saturated carbocycles. The first-order valence-corrected chi connectivity index (χ1v) is 10.1. The number of hydrogen-bond acceptors (Lipinski definition) is 6. The van der Waals surface area contributed by atoms with Crippen molar-refractivity contribution in [3.63, 3.8) is 0 Å². The largest absolute Gasteiger partial charge is 0.497 e. The molecule has 2 heterocycles. The van der Waals surface area contributed by atoms with Crippen molar-refractivity contribution in [2.24, 2.45) is 5.10 Å². The first-order chi connectivity index (χ1) is 15.9. The quantitative estimate of drug-likeness (QED) is 0.432. The summed E-state index contributed by atoms with van der Waals surface area (Å²) in [4.78, 5) is 36.8. The van der Waals surface area contributed by atoms with E-state index in [1.165, 1.54) is 18.2 Å². The first-order valence-electron chi connectivity index (χ1n) is 10.1. The number of ether oxygens (including phenoxy) is 1. The van der Waals surface area contributed by atoms with Gasteiger partial charge in [-0.1, -0.05) is 18.2 Å². The second-order valence-corrected chi connectivity index (χ2v) is 7.37. The number of carboxylic acid groups (broad SMARTS) is 1. The number of rotatable bonds is 7. The summed E-state index contributed by atoms with van der Waals surface area (Å²) >= 11 is 0. The van der Waals surface area contributed by atoms with E-state index < -0.39 is 11.9 Å². The summed E-state index contributed by atoms with van der Waals surface area (Å²) < 4.78 is 10.8. The van der Waals surface area contributed by atoms with E-state index in [1.54, 1.807) is 50.4 Å². The van der Waals surface area contributed by atoms with E-state index in [4.69, 9.17) is 9.15 Å². The van der Waals surface area contributed by atoms with Crippen LogP contribution in [-0.2, 0) is 11.2 Å². The molecule has 1 N–H and O–H groups in total. The van der Waals surface area contributed by atoms with Crippen molar-refractivity contribution in [3.8, 4) is 5.75 Å². The molecule has 0 atom stereocenters. The van der Waals surface area contributed by atoms with Gasteiger partial charge in [0.15, 0.2) is 5.76 Å². The number of carbonyl (C=O) groups is 3. The van der Waals surface area contributed by atoms with Crippen molar-refractivity contribution in [2.75, 3.05) is 12.1 Å². The summed E-state index contributed by atoms with van der Waals surface area (Å²) in [5.74, 6) is -0.544. The Labute approximate surface area is 189 Å². The number of anilines is 1. The summed E-state index contributed by atoms with van der Waals surface area (Å²) in [5.41, 5.74) is 1.93. The number of hydrazone groups is 1. The van der Waals surface area contributed by atoms with Crippen LogP contribution in [0, 0.1) is 0 Å². The van der Waals surface area contributed by atoms with Gasteiger partial charge >= 0.3 is 5.97 Å². The van der Waals surface area contributed by atoms with Crippen molar-refractivity contribution in [1.82, 2.24) is 0 Å². The van der Waals surface area contributed by atoms with Crippen LogP contribution < -0.4 is 9.75 Å². The van der Waals surface area contributed by atoms with Crippen molar-refractivity contribution in [3.05, 3.63) is 88.9 Å². The molecule has 1 aliphatic heterocycles. The molecule has 0 radical (unpaired) electrons. The van der Waals surface area contributed by atoms with Crippen LogP contribution in [-0.4, -0.2) is 35.6 Å². The lowest BCUT2D eigenvalue weighted by Crippen LogP contribution is -2.21. The molecule has 0 saturated heterocycles. The molecule has 166 valence electrons. The molecule has 0 bridgehead atoms. The summed E-state index contributed by atoms with van der Waals surface area (Å²) in [6.07, 6.45) is 1.67. The molecule has 33 heavy (non-hydrogen) atoms. The van der Waals surface area contributed by atoms with Crippen LogP contribution in [0.3, 0.4) is 0 Å². The van der Waals surface area contributed by atoms with Gasteiger partial charge in [-0.2, -0.15) is 10.1 Å². The summed E-state index contributed by atoms with van der Waals surface area (Å²) in [6.45, 7) is 1.67. The molecular formula is C25H20N2O6. The molecule has 8 nitrogen and oxygen atoms in total. The Morgan fingerprint density at radius 1 is 1.12 bits per heavy atom. The normalized spacial score (nSPS) is 14.5. The minimum Gasteiger partial charge on any atom is -0.497 e. The van der Waals surface area contributed by atoms with Gasteiger partial charge in [-0.25, -0.2) is 4.79 Å². The SMILES string of the molecule is COc1cccc(CC(=O)c2ccc(/C=C3\C(=O)N(c4cccc(C(=O)O)c4)N=C3C)o2)c1. The third-order valence-corrected chi connectivity index (χ3v) is 5.09. The van der Waals surface area contributed by atoms with Gasteiger partial charge in [-0.15, -0.1) is 0 Å². The molecule has 1 aliphatic rings. The maximum absolute atomic E-state index is 12.9. The smallest absolute Gasteiger partial charge is 0.335 e. The van der Waals surface area contributed by atoms with Gasteiger partial charge in [-0.05, 0) is 61.0 Å². The van der Waals surface area contributed by atoms with Crippen LogP contribution in [0.25, 0.3) is 6.08 Å². The number of furan rings is 1. The lowest BCUT2D eigenvalue weighted by molar-refractivity contribution is -0.114. The van der Waals surface area contributed by atoms with E-state index in [-0.39, 0.29) is 29.1 Å². The molecule has 8 heteroatoms. The van der Waals surface area contributed by atoms with Crippen LogP contribution in [0.5, 0.6) is 5.75 Å². The molecule has 0 spiro atoms. The van der Waals surface area contributed by atoms with E-state index >= 15 is 0 Å². The summed E-state index contributed by atoms with van der Waals surface area (Å²) in [6, 6.07) is 16.4. The van der Waals surface area contributed by atoms with Gasteiger partial charge in [0.05, 0.1) is 29.6 Å². The number of methoxy groups -OCH3 is 1. The summed E-state index contributed by atoms with van der Waals surface area (Å²) in [7, 11) is 1.56. The van der Waals surface area contributed by atoms with Gasteiger partial charge in [0.2, 0.25) is 5.78 Å². The first kappa shape index (κ1) is 21.8. The van der Waals surface area contributed by atoms with Crippen molar-refractivity contribution >= 4 is 35.1 Å². The molecule has 0 unspecified atom stereocenters. The molecule has 1 amide bonds. The van der Waals surface area contributed by atoms with E-state index in [9.17, 15) is 19.5 Å². The predicted molar refractivity (Wildman–Crippen MR) is 122 cm³/mol. The van der Waals surface area contributed by atoms with E-state index in [2.05, 4.69) is 5.10 Å². The Balaban J connectivity index is 1.52. The number of amides is 1. The summed E-state index contributed by atoms with van der Waals surface area (Å²) in [5, 5.41) is 14.6. The zero-order valence-electron chi connectivity index (χ0n) is 17.9. The van der Waals surface area contributed by atoms with Crippen LogP contribution in [0.15, 0.2) is 75.8 Å². The molecule has 0 fully saturated rings. The van der Waals surface area contributed by atoms with E-state index in [0.29, 0.717) is 22.9 Å². The number of benzene rings is 2. The fourth-order valence-corrected chi connectivity index (χ4v) is 3.41. The molecule has 0 aliphatic carbocycles. The molecule has 1 aromatic heterocycles. The number of hydrogen-bond donors (Lipinski definition) is 1. The Kier molecular flexibility index (Phi) is 5.91. The average Bonchev–Trinajstić information content (AvgIpc) is 3.39. The third-order valence-electron chi connectivity index (χ3n) is 5.09. The number of carboxylic acids is 1. The number of ketones is 1. The zero-order valence-corrected chi connectivity index (χ0v) is 17.9. The van der Waals surface area contributed by atoms with Gasteiger partial charge in [0, 0.05) is 6.42 Å². The highest BCUT2D eigenvalue weighted by Crippen LogP contribution is 2.26. The second-order valence-electron chi connectivity index (χ2n) is 7.37. The van der Waals surface area contributed by atoms with Gasteiger partial charge in [-0.3, -0.25) is 9.59 Å². The third kappa shape index (κ3) is 4.59. The number of aromatic carboxylic acids is 1. The number of carbonyl (C=O) groups excluding carboxylic acids is 2. The Hall–Kier alpha value is -4.46. The Morgan fingerprint density at radius 2 is 1.91 bits per heavy atom. The van der Waals surface area contributed by atoms with Crippen LogP contribution in [0.4, 0.5) is 5.69 Å². The maximum atomic E-state index is 12.9. The molecule has 3 aromatic rings. The zero-order chi connectivity index (χ0) is 23.5. The lowest BCUT2D eigenvalue weighted by atomic mass is 10.1. The van der Waals surface area contributed by atoms with Gasteiger partial charge in [0.1, 0.15) is 11.5 Å². The molecular weight excluding hydrogens is 424 g/mol. The van der Waals surface area contributed by atoms with Crippen LogP contribution >= 0.6 is 0 Å². The highest BCUT2D eigenvalue weighted by atomic mass is 16.5. The van der Waals surface area contributed by atoms with Crippen molar-refractivity contribution in [2.45, 2.75) is 13.3 Å². The monoisotopic (exact) mass is 444 g/mol. The van der Waals surface area contributed by atoms with Crippen LogP contribution in [0.2, 0.25) is 0 Å². The predicted octanol–water partition coefficient (Wildman–Crippen LogP) is 4.22. The lowest BCUT2D eigenvalue weighted by Gasteiger charge is -2.12. The topological polar surface area (TPSA) is 109 Å². The second kappa shape index (κ2) is 8.96. The van der Waals surface area contributed by atoms with Crippen molar-refractivity contribution < 1.29 is 28.6 Å². The fourth-order valence-electron chi connectivity index (χ4n) is 3.41. The van der Waals surface area contributed by atoms with Crippen molar-refractivity contribution in [1.29, 1.82) is 0 Å². The van der Waals surface area contributed by atoms with E-state index in [0.717, 1.165) is 10.6 Å². The minimum atomic E-state index is -1.10. The Bertz CT molecular complexity index is 1320. The standard InChI is InChI=1S/C25H20N2O6/c1-15-21(24(29)27(26-15)18-7-4-6-17(13-18)25(30)31)14-20-9-10-23(33-20)22(28)12-16-5-3-8-19(11-16)32-2/h3-11,13-14H,12H2,1-2H3,(H,30,31)/b21-14-. The number of Topliss-reactive ketones (excluding diaryl/α,β-unsaturated/α-hetero) is 1. The fraction of sp³-hybridized carbons (Fsp3) is 0.120. The van der Waals surface area contributed by atoms with Crippen LogP contribution in [0.1, 0.15) is 39.2 Å². The highest BCUT2D eigenvalue weighted by molar-refractivity contribution is 6.32. The number of nitrogens with zero attached hydrogens (tertiary/aromatic N) is 2. The van der Waals surface area contributed by atoms with E-state index in [1.807, 2.05) is 12.1 Å². The minimum absolute atomic E-state index is 0.0517. The molecule has 2 aromatic carbocycles. The maximum Gasteiger partial charge on any atom is 0.335 e. The highest BCUT2D eigenvalue weighted by Gasteiger charge is 2.29. The average molecular weight is 444 g/mol. The Morgan fingerprint density at radius 3 is 2.67 bits per heavy atom. The van der Waals surface area contributed by atoms with Gasteiger partial charge < -0.3 is 14.3 Å². The molecule has 4 rings (SSSR count). The van der Waals surface area contributed by atoms with Gasteiger partial charge in [0.25, 0.3) is 5.91 Å².